The predicted molar refractivity (Wildman–Crippen MR) is 65.4 cm³/mol. The van der Waals surface area contributed by atoms with Crippen molar-refractivity contribution < 1.29 is 14.6 Å². The molecule has 1 N–H and O–H groups in total. The minimum atomic E-state index is -0.757. The summed E-state index contributed by atoms with van der Waals surface area (Å²) in [4.78, 5) is 11.0. The lowest BCUT2D eigenvalue weighted by Crippen LogP contribution is -2.49. The number of carbonyl (C=O) groups is 1. The molecule has 1 fully saturated rings. The molecule has 3 nitrogen and oxygen atoms in total. The summed E-state index contributed by atoms with van der Waals surface area (Å²) in [5.41, 5.74) is 4.42. The molecule has 1 aromatic rings. The van der Waals surface area contributed by atoms with Crippen molar-refractivity contribution in [1.29, 1.82) is 0 Å². The number of benzene rings is 1. The summed E-state index contributed by atoms with van der Waals surface area (Å²) in [6.07, 6.45) is 0.151. The van der Waals surface area contributed by atoms with E-state index in [1.54, 1.807) is 0 Å². The van der Waals surface area contributed by atoms with Crippen molar-refractivity contribution in [3.63, 3.8) is 0 Å². The van der Waals surface area contributed by atoms with Crippen LogP contribution < -0.4 is 0 Å². The highest BCUT2D eigenvalue weighted by molar-refractivity contribution is 5.70. The van der Waals surface area contributed by atoms with Gasteiger partial charge in [0.2, 0.25) is 0 Å². The Balaban J connectivity index is 2.47. The lowest BCUT2D eigenvalue weighted by molar-refractivity contribution is -0.145. The van der Waals surface area contributed by atoms with Gasteiger partial charge in [0.25, 0.3) is 0 Å². The van der Waals surface area contributed by atoms with Crippen molar-refractivity contribution in [2.24, 2.45) is 0 Å². The normalized spacial score (nSPS) is 17.6. The number of hydrogen-bond acceptors (Lipinski definition) is 2. The predicted octanol–water partition coefficient (Wildman–Crippen LogP) is 2.35. The zero-order valence-electron chi connectivity index (χ0n) is 10.5. The molecule has 0 radical (unpaired) electrons. The molecule has 17 heavy (non-hydrogen) atoms. The molecule has 0 saturated carbocycles. The zero-order chi connectivity index (χ0) is 12.6. The monoisotopic (exact) mass is 234 g/mol. The molecule has 0 bridgehead atoms. The van der Waals surface area contributed by atoms with E-state index in [9.17, 15) is 4.79 Å². The van der Waals surface area contributed by atoms with Crippen LogP contribution in [-0.4, -0.2) is 24.3 Å². The molecule has 92 valence electrons. The van der Waals surface area contributed by atoms with Gasteiger partial charge in [0.15, 0.2) is 0 Å². The summed E-state index contributed by atoms with van der Waals surface area (Å²) in [5.74, 6) is -0.757. The SMILES string of the molecule is Cc1cc(C)c(C2(CC(=O)O)COC2)c(C)c1. The molecule has 0 aromatic heterocycles. The summed E-state index contributed by atoms with van der Waals surface area (Å²) in [5, 5.41) is 9.06. The third-order valence-corrected chi connectivity index (χ3v) is 3.45. The lowest BCUT2D eigenvalue weighted by Gasteiger charge is -2.42. The minimum absolute atomic E-state index is 0.151. The average Bonchev–Trinajstić information content (AvgIpc) is 2.11. The van der Waals surface area contributed by atoms with Crippen LogP contribution in [0.5, 0.6) is 0 Å². The first kappa shape index (κ1) is 12.1. The van der Waals surface area contributed by atoms with Gasteiger partial charge in [-0.15, -0.1) is 0 Å². The maximum atomic E-state index is 11.0. The second-order valence-corrected chi connectivity index (χ2v) is 5.12. The molecule has 2 rings (SSSR count). The van der Waals surface area contributed by atoms with E-state index in [2.05, 4.69) is 32.9 Å². The van der Waals surface area contributed by atoms with E-state index in [0.717, 1.165) is 5.56 Å². The van der Waals surface area contributed by atoms with Crippen molar-refractivity contribution in [1.82, 2.24) is 0 Å². The fraction of sp³-hybridized carbons (Fsp3) is 0.500. The first-order valence-corrected chi connectivity index (χ1v) is 5.82. The molecular formula is C14H18O3. The van der Waals surface area contributed by atoms with Gasteiger partial charge in [0, 0.05) is 0 Å². The van der Waals surface area contributed by atoms with Crippen LogP contribution in [0.1, 0.15) is 28.7 Å². The first-order chi connectivity index (χ1) is 7.94. The third-order valence-electron chi connectivity index (χ3n) is 3.45. The van der Waals surface area contributed by atoms with Crippen LogP contribution in [0.2, 0.25) is 0 Å². The van der Waals surface area contributed by atoms with Gasteiger partial charge in [-0.2, -0.15) is 0 Å². The van der Waals surface area contributed by atoms with Crippen molar-refractivity contribution in [2.75, 3.05) is 13.2 Å². The Labute approximate surface area is 101 Å². The van der Waals surface area contributed by atoms with Gasteiger partial charge in [0.05, 0.1) is 25.0 Å². The highest BCUT2D eigenvalue weighted by Gasteiger charge is 2.44. The maximum Gasteiger partial charge on any atom is 0.304 e. The Morgan fingerprint density at radius 3 is 2.18 bits per heavy atom. The van der Waals surface area contributed by atoms with Crippen molar-refractivity contribution >= 4 is 5.97 Å². The van der Waals surface area contributed by atoms with E-state index in [1.807, 2.05) is 0 Å². The second kappa shape index (κ2) is 4.15. The molecule has 1 aromatic carbocycles. The lowest BCUT2D eigenvalue weighted by atomic mass is 9.72. The second-order valence-electron chi connectivity index (χ2n) is 5.12. The Bertz CT molecular complexity index is 436. The van der Waals surface area contributed by atoms with E-state index in [4.69, 9.17) is 9.84 Å². The fourth-order valence-corrected chi connectivity index (χ4v) is 2.99. The largest absolute Gasteiger partial charge is 0.481 e. The van der Waals surface area contributed by atoms with Crippen LogP contribution >= 0.6 is 0 Å². The number of carboxylic acids is 1. The van der Waals surface area contributed by atoms with Crippen molar-refractivity contribution in [2.45, 2.75) is 32.6 Å². The molecule has 0 spiro atoms. The molecule has 1 aliphatic heterocycles. The number of rotatable bonds is 3. The molecule has 0 amide bonds. The summed E-state index contributed by atoms with van der Waals surface area (Å²) in [6.45, 7) is 7.20. The smallest absolute Gasteiger partial charge is 0.304 e. The van der Waals surface area contributed by atoms with Crippen LogP contribution in [0.3, 0.4) is 0 Å². The molecule has 3 heteroatoms. The topological polar surface area (TPSA) is 46.5 Å². The standard InChI is InChI=1S/C14H18O3/c1-9-4-10(2)13(11(3)5-9)14(6-12(15)16)7-17-8-14/h4-5H,6-8H2,1-3H3,(H,15,16). The van der Waals surface area contributed by atoms with Crippen LogP contribution in [0.15, 0.2) is 12.1 Å². The Morgan fingerprint density at radius 2 is 1.82 bits per heavy atom. The van der Waals surface area contributed by atoms with E-state index in [1.165, 1.54) is 16.7 Å². The molecule has 0 unspecified atom stereocenters. The van der Waals surface area contributed by atoms with Gasteiger partial charge >= 0.3 is 5.97 Å². The third kappa shape index (κ3) is 2.07. The number of carboxylic acid groups (broad SMARTS) is 1. The Kier molecular flexibility index (Phi) is 2.96. The number of aryl methyl sites for hydroxylation is 3. The van der Waals surface area contributed by atoms with E-state index < -0.39 is 5.97 Å². The van der Waals surface area contributed by atoms with Gasteiger partial charge in [-0.3, -0.25) is 4.79 Å². The van der Waals surface area contributed by atoms with E-state index in [0.29, 0.717) is 13.2 Å². The summed E-state index contributed by atoms with van der Waals surface area (Å²) < 4.78 is 5.27. The summed E-state index contributed by atoms with van der Waals surface area (Å²) in [7, 11) is 0. The van der Waals surface area contributed by atoms with Gasteiger partial charge in [-0.05, 0) is 37.5 Å². The van der Waals surface area contributed by atoms with Gasteiger partial charge in [0.1, 0.15) is 0 Å². The minimum Gasteiger partial charge on any atom is -0.481 e. The van der Waals surface area contributed by atoms with Gasteiger partial charge in [-0.25, -0.2) is 0 Å². The summed E-state index contributed by atoms with van der Waals surface area (Å²) >= 11 is 0. The molecule has 0 atom stereocenters. The fourth-order valence-electron chi connectivity index (χ4n) is 2.99. The zero-order valence-corrected chi connectivity index (χ0v) is 10.5. The van der Waals surface area contributed by atoms with E-state index >= 15 is 0 Å². The van der Waals surface area contributed by atoms with Crippen LogP contribution in [0.25, 0.3) is 0 Å². The number of aliphatic carboxylic acids is 1. The first-order valence-electron chi connectivity index (χ1n) is 5.82. The molecule has 1 aliphatic rings. The van der Waals surface area contributed by atoms with Crippen molar-refractivity contribution in [3.8, 4) is 0 Å². The number of ether oxygens (including phenoxy) is 1. The maximum absolute atomic E-state index is 11.0. The van der Waals surface area contributed by atoms with Crippen LogP contribution in [0.4, 0.5) is 0 Å². The Hall–Kier alpha value is -1.35. The van der Waals surface area contributed by atoms with Crippen molar-refractivity contribution in [3.05, 3.63) is 34.4 Å². The van der Waals surface area contributed by atoms with Gasteiger partial charge < -0.3 is 9.84 Å². The molecule has 1 saturated heterocycles. The van der Waals surface area contributed by atoms with Crippen LogP contribution in [-0.2, 0) is 14.9 Å². The quantitative estimate of drug-likeness (QED) is 0.873. The highest BCUT2D eigenvalue weighted by atomic mass is 16.5. The average molecular weight is 234 g/mol. The highest BCUT2D eigenvalue weighted by Crippen LogP contribution is 2.39. The van der Waals surface area contributed by atoms with Crippen LogP contribution in [0, 0.1) is 20.8 Å². The number of hydrogen-bond donors (Lipinski definition) is 1. The molecule has 1 heterocycles. The molecular weight excluding hydrogens is 216 g/mol. The molecule has 0 aliphatic carbocycles. The van der Waals surface area contributed by atoms with E-state index in [-0.39, 0.29) is 11.8 Å². The van der Waals surface area contributed by atoms with Gasteiger partial charge in [-0.1, -0.05) is 17.7 Å². The Morgan fingerprint density at radius 1 is 1.29 bits per heavy atom. The summed E-state index contributed by atoms with van der Waals surface area (Å²) in [6, 6.07) is 4.23.